The van der Waals surface area contributed by atoms with Crippen LogP contribution in [0.2, 0.25) is 0 Å². The van der Waals surface area contributed by atoms with Crippen molar-refractivity contribution in [2.75, 3.05) is 10.6 Å². The Labute approximate surface area is 208 Å². The molecule has 1 unspecified atom stereocenters. The van der Waals surface area contributed by atoms with Crippen LogP contribution in [0, 0.1) is 5.82 Å². The molecule has 0 radical (unpaired) electrons. The van der Waals surface area contributed by atoms with Crippen molar-refractivity contribution in [1.82, 2.24) is 15.2 Å². The fourth-order valence-electron chi connectivity index (χ4n) is 3.78. The summed E-state index contributed by atoms with van der Waals surface area (Å²) in [5, 5.41) is 22.7. The summed E-state index contributed by atoms with van der Waals surface area (Å²) in [4.78, 5) is 29.8. The van der Waals surface area contributed by atoms with Gasteiger partial charge in [0.05, 0.1) is 22.4 Å². The molecule has 8 nitrogen and oxygen atoms in total. The molecule has 36 heavy (non-hydrogen) atoms. The van der Waals surface area contributed by atoms with E-state index in [-0.39, 0.29) is 11.4 Å². The first-order valence-electron chi connectivity index (χ1n) is 11.3. The van der Waals surface area contributed by atoms with E-state index in [0.717, 1.165) is 22.6 Å². The number of aliphatic hydroxyl groups excluding tert-OH is 1. The minimum Gasteiger partial charge on any atom is -0.389 e. The van der Waals surface area contributed by atoms with E-state index >= 15 is 0 Å². The SMILES string of the molecule is CC(O)c1ccc(Nc2cc(-c3ccc(F)c(NC(=O)c4cc5c(s4)=CCCC=5)c3)n[nH]c2=O)nc1. The standard InChI is InChI=1S/C26H22FN5O3S/c1-14(33)17-7-9-24(28-13-17)29-21-12-19(31-32-25(21)34)15-6-8-18(27)20(10-15)30-26(35)23-11-16-4-2-3-5-22(16)36-23/h4-14,33H,2-3H2,1H3,(H,30,35)(H,32,34)(H,28,29,31). The monoisotopic (exact) mass is 503 g/mol. The fourth-order valence-corrected chi connectivity index (χ4v) is 4.81. The molecule has 0 spiro atoms. The first-order chi connectivity index (χ1) is 17.4. The summed E-state index contributed by atoms with van der Waals surface area (Å²) in [5.41, 5.74) is 1.23. The highest BCUT2D eigenvalue weighted by atomic mass is 32.1. The Bertz CT molecular complexity index is 1590. The van der Waals surface area contributed by atoms with Gasteiger partial charge in [-0.15, -0.1) is 11.3 Å². The van der Waals surface area contributed by atoms with Crippen LogP contribution in [0.5, 0.6) is 0 Å². The molecule has 4 aromatic rings. The highest BCUT2D eigenvalue weighted by Gasteiger charge is 2.15. The van der Waals surface area contributed by atoms with Crippen LogP contribution in [0.4, 0.5) is 21.6 Å². The van der Waals surface area contributed by atoms with E-state index in [1.54, 1.807) is 19.1 Å². The van der Waals surface area contributed by atoms with E-state index in [1.807, 2.05) is 6.07 Å². The molecule has 3 heterocycles. The molecule has 0 saturated carbocycles. The number of halogens is 1. The van der Waals surface area contributed by atoms with Gasteiger partial charge in [-0.25, -0.2) is 14.5 Å². The number of aromatic nitrogens is 3. The minimum absolute atomic E-state index is 0.00900. The van der Waals surface area contributed by atoms with Crippen LogP contribution in [-0.2, 0) is 0 Å². The number of carbonyl (C=O) groups excluding carboxylic acids is 1. The average molecular weight is 504 g/mol. The fraction of sp³-hybridized carbons (Fsp3) is 0.154. The molecular formula is C26H22FN5O3S. The van der Waals surface area contributed by atoms with Crippen LogP contribution in [0.15, 0.2) is 53.5 Å². The minimum atomic E-state index is -0.655. The lowest BCUT2D eigenvalue weighted by Gasteiger charge is -2.10. The Balaban J connectivity index is 1.40. The third kappa shape index (κ3) is 4.95. The number of pyridine rings is 1. The van der Waals surface area contributed by atoms with E-state index in [0.29, 0.717) is 27.5 Å². The molecule has 0 saturated heterocycles. The Morgan fingerprint density at radius 2 is 1.97 bits per heavy atom. The average Bonchev–Trinajstić information content (AvgIpc) is 3.32. The van der Waals surface area contributed by atoms with Crippen molar-refractivity contribution in [1.29, 1.82) is 0 Å². The van der Waals surface area contributed by atoms with Crippen molar-refractivity contribution >= 4 is 46.6 Å². The Kier molecular flexibility index (Phi) is 6.45. The van der Waals surface area contributed by atoms with Gasteiger partial charge in [0.15, 0.2) is 0 Å². The number of H-pyrrole nitrogens is 1. The van der Waals surface area contributed by atoms with Crippen LogP contribution >= 0.6 is 11.3 Å². The van der Waals surface area contributed by atoms with E-state index in [2.05, 4.69) is 38.0 Å². The summed E-state index contributed by atoms with van der Waals surface area (Å²) < 4.78 is 15.6. The van der Waals surface area contributed by atoms with Crippen molar-refractivity contribution in [2.24, 2.45) is 0 Å². The van der Waals surface area contributed by atoms with Crippen molar-refractivity contribution in [3.05, 3.63) is 85.0 Å². The quantitative estimate of drug-likeness (QED) is 0.320. The lowest BCUT2D eigenvalue weighted by molar-refractivity contribution is 0.103. The predicted octanol–water partition coefficient (Wildman–Crippen LogP) is 3.44. The maximum Gasteiger partial charge on any atom is 0.287 e. The second-order valence-corrected chi connectivity index (χ2v) is 9.42. The van der Waals surface area contributed by atoms with E-state index < -0.39 is 23.4 Å². The van der Waals surface area contributed by atoms with Gasteiger partial charge >= 0.3 is 0 Å². The summed E-state index contributed by atoms with van der Waals surface area (Å²) in [5.74, 6) is -0.574. The van der Waals surface area contributed by atoms with Crippen LogP contribution in [0.1, 0.15) is 41.1 Å². The summed E-state index contributed by atoms with van der Waals surface area (Å²) in [6, 6.07) is 10.9. The van der Waals surface area contributed by atoms with Crippen LogP contribution < -0.4 is 25.9 Å². The molecule has 5 rings (SSSR count). The van der Waals surface area contributed by atoms with Gasteiger partial charge in [0, 0.05) is 16.3 Å². The molecule has 1 aliphatic rings. The Morgan fingerprint density at radius 1 is 1.14 bits per heavy atom. The first-order valence-corrected chi connectivity index (χ1v) is 12.1. The molecule has 1 aromatic carbocycles. The molecule has 0 fully saturated rings. The number of fused-ring (bicyclic) bond motifs is 1. The van der Waals surface area contributed by atoms with Gasteiger partial charge in [-0.2, -0.15) is 5.10 Å². The van der Waals surface area contributed by atoms with Gasteiger partial charge in [-0.1, -0.05) is 18.2 Å². The molecule has 3 aromatic heterocycles. The molecule has 1 atom stereocenters. The summed E-state index contributed by atoms with van der Waals surface area (Å²) in [6.07, 6.45) is 6.93. The van der Waals surface area contributed by atoms with Gasteiger partial charge < -0.3 is 15.7 Å². The molecular weight excluding hydrogens is 481 g/mol. The number of nitrogens with zero attached hydrogens (tertiary/aromatic N) is 2. The van der Waals surface area contributed by atoms with Gasteiger partial charge in [-0.05, 0) is 66.9 Å². The largest absolute Gasteiger partial charge is 0.389 e. The molecule has 0 aliphatic heterocycles. The van der Waals surface area contributed by atoms with Crippen LogP contribution in [-0.4, -0.2) is 26.2 Å². The first kappa shape index (κ1) is 23.6. The summed E-state index contributed by atoms with van der Waals surface area (Å²) >= 11 is 1.37. The number of benzene rings is 1. The molecule has 182 valence electrons. The zero-order valence-electron chi connectivity index (χ0n) is 19.2. The number of anilines is 3. The van der Waals surface area contributed by atoms with Crippen LogP contribution in [0.25, 0.3) is 23.4 Å². The Hall–Kier alpha value is -4.15. The highest BCUT2D eigenvalue weighted by Crippen LogP contribution is 2.25. The molecule has 4 N–H and O–H groups in total. The van der Waals surface area contributed by atoms with Gasteiger partial charge in [0.1, 0.15) is 17.3 Å². The Morgan fingerprint density at radius 3 is 2.72 bits per heavy atom. The maximum absolute atomic E-state index is 14.6. The number of hydrogen-bond donors (Lipinski definition) is 4. The van der Waals surface area contributed by atoms with E-state index in [1.165, 1.54) is 41.8 Å². The lowest BCUT2D eigenvalue weighted by Crippen LogP contribution is -2.19. The van der Waals surface area contributed by atoms with Crippen molar-refractivity contribution in [3.8, 4) is 11.3 Å². The third-order valence-electron chi connectivity index (χ3n) is 5.72. The van der Waals surface area contributed by atoms with E-state index in [4.69, 9.17) is 0 Å². The predicted molar refractivity (Wildman–Crippen MR) is 138 cm³/mol. The van der Waals surface area contributed by atoms with E-state index in [9.17, 15) is 19.1 Å². The zero-order chi connectivity index (χ0) is 25.2. The summed E-state index contributed by atoms with van der Waals surface area (Å²) in [7, 11) is 0. The number of rotatable bonds is 6. The number of carbonyl (C=O) groups is 1. The molecule has 1 amide bonds. The lowest BCUT2D eigenvalue weighted by atomic mass is 10.1. The molecule has 10 heteroatoms. The number of hydrogen-bond acceptors (Lipinski definition) is 7. The normalized spacial score (nSPS) is 13.2. The highest BCUT2D eigenvalue weighted by molar-refractivity contribution is 7.12. The summed E-state index contributed by atoms with van der Waals surface area (Å²) in [6.45, 7) is 1.63. The number of thiophene rings is 1. The number of aliphatic hydroxyl groups is 1. The van der Waals surface area contributed by atoms with Crippen molar-refractivity contribution < 1.29 is 14.3 Å². The number of amides is 1. The number of aromatic amines is 1. The third-order valence-corrected chi connectivity index (χ3v) is 6.87. The second-order valence-electron chi connectivity index (χ2n) is 8.34. The smallest absolute Gasteiger partial charge is 0.287 e. The van der Waals surface area contributed by atoms with Crippen LogP contribution in [0.3, 0.4) is 0 Å². The topological polar surface area (TPSA) is 120 Å². The van der Waals surface area contributed by atoms with Crippen molar-refractivity contribution in [3.63, 3.8) is 0 Å². The van der Waals surface area contributed by atoms with Gasteiger partial charge in [-0.3, -0.25) is 9.59 Å². The molecule has 0 bridgehead atoms. The number of nitrogens with one attached hydrogen (secondary N) is 3. The molecule has 1 aliphatic carbocycles. The van der Waals surface area contributed by atoms with Gasteiger partial charge in [0.2, 0.25) is 0 Å². The maximum atomic E-state index is 14.6. The second kappa shape index (κ2) is 9.84. The van der Waals surface area contributed by atoms with Gasteiger partial charge in [0.25, 0.3) is 11.5 Å². The van der Waals surface area contributed by atoms with Crippen molar-refractivity contribution in [2.45, 2.75) is 25.9 Å². The zero-order valence-corrected chi connectivity index (χ0v) is 20.0.